The van der Waals surface area contributed by atoms with Crippen LogP contribution in [0.25, 0.3) is 10.6 Å². The summed E-state index contributed by atoms with van der Waals surface area (Å²) < 4.78 is 26.4. The van der Waals surface area contributed by atoms with Gasteiger partial charge in [0, 0.05) is 22.9 Å². The van der Waals surface area contributed by atoms with Crippen LogP contribution in [0.2, 0.25) is 0 Å². The molecule has 2 aromatic heterocycles. The third-order valence-electron chi connectivity index (χ3n) is 3.37. The third kappa shape index (κ3) is 3.85. The fraction of sp³-hybridized carbons (Fsp3) is 0.176. The minimum absolute atomic E-state index is 0.152. The zero-order valence-corrected chi connectivity index (χ0v) is 14.4. The Morgan fingerprint density at radius 2 is 2.08 bits per heavy atom. The van der Waals surface area contributed by atoms with Crippen molar-refractivity contribution in [3.05, 3.63) is 62.8 Å². The average molecular weight is 364 g/mol. The number of nitrogens with one attached hydrogen (secondary N) is 1. The van der Waals surface area contributed by atoms with Gasteiger partial charge in [0.2, 0.25) is 0 Å². The first-order valence-electron chi connectivity index (χ1n) is 7.27. The molecule has 3 nitrogen and oxygen atoms in total. The van der Waals surface area contributed by atoms with E-state index < -0.39 is 17.5 Å². The summed E-state index contributed by atoms with van der Waals surface area (Å²) in [5.74, 6) is -2.10. The van der Waals surface area contributed by atoms with Crippen molar-refractivity contribution in [1.29, 1.82) is 0 Å². The Labute approximate surface area is 146 Å². The van der Waals surface area contributed by atoms with Crippen LogP contribution >= 0.6 is 22.7 Å². The van der Waals surface area contributed by atoms with Crippen LogP contribution in [0.3, 0.4) is 0 Å². The van der Waals surface area contributed by atoms with E-state index in [2.05, 4.69) is 10.3 Å². The molecule has 0 saturated carbocycles. The van der Waals surface area contributed by atoms with Crippen LogP contribution in [-0.2, 0) is 6.42 Å². The number of thiazole rings is 1. The van der Waals surface area contributed by atoms with Crippen LogP contribution in [0.5, 0.6) is 0 Å². The highest BCUT2D eigenvalue weighted by Crippen LogP contribution is 2.29. The SMILES string of the molecule is Cc1nc(-c2ccc(CCNC(=O)c3ccc(F)cc3F)s2)cs1. The number of hydrogen-bond donors (Lipinski definition) is 1. The maximum absolute atomic E-state index is 13.5. The highest BCUT2D eigenvalue weighted by atomic mass is 32.1. The number of aryl methyl sites for hydroxylation is 1. The van der Waals surface area contributed by atoms with E-state index in [0.717, 1.165) is 32.6 Å². The van der Waals surface area contributed by atoms with E-state index in [1.807, 2.05) is 24.4 Å². The van der Waals surface area contributed by atoms with E-state index in [0.29, 0.717) is 19.0 Å². The molecule has 0 saturated heterocycles. The van der Waals surface area contributed by atoms with Crippen molar-refractivity contribution in [2.45, 2.75) is 13.3 Å². The van der Waals surface area contributed by atoms with Crippen molar-refractivity contribution in [3.8, 4) is 10.6 Å². The molecule has 0 aliphatic carbocycles. The number of carbonyl (C=O) groups excluding carboxylic acids is 1. The lowest BCUT2D eigenvalue weighted by atomic mass is 10.2. The molecule has 0 bridgehead atoms. The molecule has 0 fully saturated rings. The monoisotopic (exact) mass is 364 g/mol. The second-order valence-corrected chi connectivity index (χ2v) is 7.38. The smallest absolute Gasteiger partial charge is 0.254 e. The Hall–Kier alpha value is -2.12. The quantitative estimate of drug-likeness (QED) is 0.728. The first kappa shape index (κ1) is 16.7. The second-order valence-electron chi connectivity index (χ2n) is 5.15. The topological polar surface area (TPSA) is 42.0 Å². The van der Waals surface area contributed by atoms with Gasteiger partial charge in [0.1, 0.15) is 11.6 Å². The first-order valence-corrected chi connectivity index (χ1v) is 8.97. The van der Waals surface area contributed by atoms with E-state index in [1.54, 1.807) is 22.7 Å². The van der Waals surface area contributed by atoms with E-state index in [-0.39, 0.29) is 5.56 Å². The Bertz CT molecular complexity index is 873. The third-order valence-corrected chi connectivity index (χ3v) is 5.31. The zero-order chi connectivity index (χ0) is 17.1. The van der Waals surface area contributed by atoms with Crippen LogP contribution < -0.4 is 5.32 Å². The van der Waals surface area contributed by atoms with Crippen LogP contribution in [-0.4, -0.2) is 17.4 Å². The number of nitrogens with zero attached hydrogens (tertiary/aromatic N) is 1. The number of hydrogen-bond acceptors (Lipinski definition) is 4. The molecule has 24 heavy (non-hydrogen) atoms. The number of carbonyl (C=O) groups is 1. The van der Waals surface area contributed by atoms with Gasteiger partial charge < -0.3 is 5.32 Å². The van der Waals surface area contributed by atoms with Crippen molar-refractivity contribution in [2.24, 2.45) is 0 Å². The maximum atomic E-state index is 13.5. The van der Waals surface area contributed by atoms with Gasteiger partial charge in [-0.3, -0.25) is 4.79 Å². The summed E-state index contributed by atoms with van der Waals surface area (Å²) in [6.45, 7) is 2.35. The van der Waals surface area contributed by atoms with Crippen LogP contribution in [0.4, 0.5) is 8.78 Å². The number of amides is 1. The molecule has 0 aliphatic heterocycles. The molecule has 0 aliphatic rings. The van der Waals surface area contributed by atoms with Gasteiger partial charge in [-0.2, -0.15) is 0 Å². The minimum atomic E-state index is -0.857. The van der Waals surface area contributed by atoms with Gasteiger partial charge in [-0.05, 0) is 37.6 Å². The van der Waals surface area contributed by atoms with Crippen molar-refractivity contribution in [2.75, 3.05) is 6.54 Å². The summed E-state index contributed by atoms with van der Waals surface area (Å²) in [5.41, 5.74) is 0.812. The van der Waals surface area contributed by atoms with E-state index in [4.69, 9.17) is 0 Å². The number of halogens is 2. The van der Waals surface area contributed by atoms with Gasteiger partial charge in [-0.1, -0.05) is 0 Å². The van der Waals surface area contributed by atoms with Crippen molar-refractivity contribution >= 4 is 28.6 Å². The van der Waals surface area contributed by atoms with Crippen LogP contribution in [0.1, 0.15) is 20.2 Å². The Balaban J connectivity index is 1.57. The van der Waals surface area contributed by atoms with E-state index in [9.17, 15) is 13.6 Å². The number of thiophene rings is 1. The molecular weight excluding hydrogens is 350 g/mol. The predicted molar refractivity (Wildman–Crippen MR) is 92.6 cm³/mol. The molecule has 2 heterocycles. The summed E-state index contributed by atoms with van der Waals surface area (Å²) in [6.07, 6.45) is 0.641. The van der Waals surface area contributed by atoms with Crippen LogP contribution in [0, 0.1) is 18.6 Å². The molecule has 0 atom stereocenters. The molecule has 1 amide bonds. The minimum Gasteiger partial charge on any atom is -0.352 e. The molecule has 1 N–H and O–H groups in total. The van der Waals surface area contributed by atoms with Crippen molar-refractivity contribution in [1.82, 2.24) is 10.3 Å². The summed E-state index contributed by atoms with van der Waals surface area (Å²) in [4.78, 5) is 18.6. The van der Waals surface area contributed by atoms with Crippen molar-refractivity contribution < 1.29 is 13.6 Å². The Kier molecular flexibility index (Phi) is 5.01. The van der Waals surface area contributed by atoms with Gasteiger partial charge in [0.25, 0.3) is 5.91 Å². The van der Waals surface area contributed by atoms with Crippen molar-refractivity contribution in [3.63, 3.8) is 0 Å². The lowest BCUT2D eigenvalue weighted by Gasteiger charge is -2.05. The Morgan fingerprint density at radius 3 is 2.79 bits per heavy atom. The summed E-state index contributed by atoms with van der Waals surface area (Å²) in [6, 6.07) is 6.93. The summed E-state index contributed by atoms with van der Waals surface area (Å²) in [5, 5.41) is 5.69. The highest BCUT2D eigenvalue weighted by molar-refractivity contribution is 7.16. The largest absolute Gasteiger partial charge is 0.352 e. The molecule has 3 rings (SSSR count). The number of rotatable bonds is 5. The fourth-order valence-electron chi connectivity index (χ4n) is 2.19. The molecule has 0 radical (unpaired) electrons. The predicted octanol–water partition coefficient (Wildman–Crippen LogP) is 4.43. The molecule has 0 spiro atoms. The van der Waals surface area contributed by atoms with Crippen LogP contribution in [0.15, 0.2) is 35.7 Å². The Morgan fingerprint density at radius 1 is 1.25 bits per heavy atom. The lowest BCUT2D eigenvalue weighted by Crippen LogP contribution is -2.26. The van der Waals surface area contributed by atoms with E-state index in [1.165, 1.54) is 0 Å². The van der Waals surface area contributed by atoms with Gasteiger partial charge in [-0.25, -0.2) is 13.8 Å². The summed E-state index contributed by atoms with van der Waals surface area (Å²) in [7, 11) is 0. The van der Waals surface area contributed by atoms with Gasteiger partial charge in [0.05, 0.1) is 21.1 Å². The fourth-order valence-corrected chi connectivity index (χ4v) is 3.85. The maximum Gasteiger partial charge on any atom is 0.254 e. The number of benzene rings is 1. The van der Waals surface area contributed by atoms with Gasteiger partial charge in [0.15, 0.2) is 0 Å². The van der Waals surface area contributed by atoms with E-state index >= 15 is 0 Å². The lowest BCUT2D eigenvalue weighted by molar-refractivity contribution is 0.0950. The van der Waals surface area contributed by atoms with Gasteiger partial charge in [-0.15, -0.1) is 22.7 Å². The number of aromatic nitrogens is 1. The normalized spacial score (nSPS) is 10.8. The molecule has 0 unspecified atom stereocenters. The standard InChI is InChI=1S/C17H14F2N2OS2/c1-10-21-15(9-23-10)16-5-3-12(24-16)6-7-20-17(22)13-4-2-11(18)8-14(13)19/h2-5,8-9H,6-7H2,1H3,(H,20,22). The highest BCUT2D eigenvalue weighted by Gasteiger charge is 2.12. The molecular formula is C17H14F2N2OS2. The molecule has 7 heteroatoms. The molecule has 124 valence electrons. The second kappa shape index (κ2) is 7.19. The molecule has 3 aromatic rings. The van der Waals surface area contributed by atoms with Gasteiger partial charge >= 0.3 is 0 Å². The zero-order valence-electron chi connectivity index (χ0n) is 12.8. The average Bonchev–Trinajstić information content (AvgIpc) is 3.16. The first-order chi connectivity index (χ1) is 11.5. The molecule has 1 aromatic carbocycles. The summed E-state index contributed by atoms with van der Waals surface area (Å²) >= 11 is 3.23.